The van der Waals surface area contributed by atoms with Crippen LogP contribution in [0.4, 0.5) is 0 Å². The van der Waals surface area contributed by atoms with Gasteiger partial charge >= 0.3 is 0 Å². The third kappa shape index (κ3) is 2.77. The molecule has 0 radical (unpaired) electrons. The molecule has 0 fully saturated rings. The van der Waals surface area contributed by atoms with Crippen LogP contribution >= 0.6 is 0 Å². The number of hydrogen-bond donors (Lipinski definition) is 3. The van der Waals surface area contributed by atoms with Gasteiger partial charge in [0, 0.05) is 11.8 Å². The number of hydrogen-bond acceptors (Lipinski definition) is 4. The monoisotopic (exact) mass is 173 g/mol. The summed E-state index contributed by atoms with van der Waals surface area (Å²) in [5.74, 6) is 0.130. The topological polar surface area (TPSA) is 91.2 Å². The van der Waals surface area contributed by atoms with Crippen molar-refractivity contribution in [3.63, 3.8) is 0 Å². The van der Waals surface area contributed by atoms with Crippen LogP contribution in [0.3, 0.4) is 0 Å². The second-order valence-electron chi connectivity index (χ2n) is 3.38. The van der Waals surface area contributed by atoms with E-state index in [1.54, 1.807) is 20.8 Å². The summed E-state index contributed by atoms with van der Waals surface area (Å²) in [6.45, 7) is 5.28. The molecule has 0 amide bonds. The van der Waals surface area contributed by atoms with Crippen LogP contribution in [0.2, 0.25) is 0 Å². The quantitative estimate of drug-likeness (QED) is 0.257. The van der Waals surface area contributed by atoms with Crippen molar-refractivity contribution in [3.8, 4) is 0 Å². The van der Waals surface area contributed by atoms with Crippen molar-refractivity contribution in [2.24, 2.45) is 21.5 Å². The van der Waals surface area contributed by atoms with E-state index in [4.69, 9.17) is 16.1 Å². The van der Waals surface area contributed by atoms with E-state index in [0.717, 1.165) is 0 Å². The Morgan fingerprint density at radius 1 is 1.33 bits per heavy atom. The predicted molar refractivity (Wildman–Crippen MR) is 46.7 cm³/mol. The summed E-state index contributed by atoms with van der Waals surface area (Å²) < 4.78 is 0. The molecule has 0 unspecified atom stereocenters. The molecule has 4 N–H and O–H groups in total. The van der Waals surface area contributed by atoms with E-state index < -0.39 is 5.41 Å². The average Bonchev–Trinajstić information content (AvgIpc) is 2.02. The fourth-order valence-electron chi connectivity index (χ4n) is 0.901. The van der Waals surface area contributed by atoms with Crippen molar-refractivity contribution in [2.75, 3.05) is 0 Å². The highest BCUT2D eigenvalue weighted by atomic mass is 16.4. The Labute approximate surface area is 71.6 Å². The molecule has 0 bridgehead atoms. The van der Waals surface area contributed by atoms with E-state index >= 15 is 0 Å². The average molecular weight is 173 g/mol. The molecule has 5 nitrogen and oxygen atoms in total. The Morgan fingerprint density at radius 3 is 2.17 bits per heavy atom. The summed E-state index contributed by atoms with van der Waals surface area (Å²) in [5, 5.41) is 22.7. The summed E-state index contributed by atoms with van der Waals surface area (Å²) in [5.41, 5.74) is 5.48. The first kappa shape index (κ1) is 10.7. The zero-order valence-corrected chi connectivity index (χ0v) is 7.57. The van der Waals surface area contributed by atoms with Crippen molar-refractivity contribution in [2.45, 2.75) is 27.2 Å². The molecule has 0 spiro atoms. The van der Waals surface area contributed by atoms with Gasteiger partial charge in [0.25, 0.3) is 0 Å². The van der Waals surface area contributed by atoms with Gasteiger partial charge in [0.2, 0.25) is 0 Å². The van der Waals surface area contributed by atoms with Gasteiger partial charge in [0.1, 0.15) is 5.84 Å². The molecule has 0 aromatic carbocycles. The van der Waals surface area contributed by atoms with Crippen LogP contribution in [0.15, 0.2) is 10.3 Å². The van der Waals surface area contributed by atoms with E-state index in [0.29, 0.717) is 12.1 Å². The van der Waals surface area contributed by atoms with Crippen LogP contribution in [0.5, 0.6) is 0 Å². The largest absolute Gasteiger partial charge is 0.411 e. The highest BCUT2D eigenvalue weighted by Gasteiger charge is 2.24. The van der Waals surface area contributed by atoms with Gasteiger partial charge in [-0.1, -0.05) is 24.2 Å². The number of amidine groups is 1. The summed E-state index contributed by atoms with van der Waals surface area (Å²) in [7, 11) is 0. The Balaban J connectivity index is 4.43. The molecule has 12 heavy (non-hydrogen) atoms. The molecule has 0 rings (SSSR count). The first-order valence-corrected chi connectivity index (χ1v) is 3.59. The highest BCUT2D eigenvalue weighted by Crippen LogP contribution is 2.20. The minimum Gasteiger partial charge on any atom is -0.411 e. The van der Waals surface area contributed by atoms with E-state index in [-0.39, 0.29) is 5.84 Å². The molecule has 0 atom stereocenters. The van der Waals surface area contributed by atoms with Gasteiger partial charge < -0.3 is 16.1 Å². The van der Waals surface area contributed by atoms with Crippen LogP contribution in [0.25, 0.3) is 0 Å². The molecule has 0 saturated carbocycles. The lowest BCUT2D eigenvalue weighted by molar-refractivity contribution is 0.305. The molecule has 0 saturated heterocycles. The van der Waals surface area contributed by atoms with Crippen LogP contribution in [-0.4, -0.2) is 22.0 Å². The maximum atomic E-state index is 8.42. The Hall–Kier alpha value is -1.26. The molecule has 0 aromatic rings. The fraction of sp³-hybridized carbons (Fsp3) is 0.714. The third-order valence-corrected chi connectivity index (χ3v) is 1.67. The molecule has 0 aliphatic rings. The van der Waals surface area contributed by atoms with Crippen molar-refractivity contribution < 1.29 is 10.4 Å². The molecule has 5 heteroatoms. The SMILES string of the molecule is C/C(CC(C)(C)/C(N)=N/O)=N\O. The number of nitrogens with two attached hydrogens (primary N) is 1. The number of oxime groups is 2. The number of rotatable bonds is 3. The minimum atomic E-state index is -0.481. The Kier molecular flexibility index (Phi) is 3.53. The number of nitrogens with zero attached hydrogens (tertiary/aromatic N) is 2. The molecular formula is C7H15N3O2. The maximum Gasteiger partial charge on any atom is 0.145 e. The van der Waals surface area contributed by atoms with Gasteiger partial charge in [-0.25, -0.2) is 0 Å². The summed E-state index contributed by atoms with van der Waals surface area (Å²) in [4.78, 5) is 0. The van der Waals surface area contributed by atoms with Crippen molar-refractivity contribution in [1.82, 2.24) is 0 Å². The van der Waals surface area contributed by atoms with Crippen molar-refractivity contribution in [1.29, 1.82) is 0 Å². The predicted octanol–water partition coefficient (Wildman–Crippen LogP) is 0.999. The lowest BCUT2D eigenvalue weighted by atomic mass is 9.86. The van der Waals surface area contributed by atoms with E-state index in [1.165, 1.54) is 0 Å². The van der Waals surface area contributed by atoms with E-state index in [9.17, 15) is 0 Å². The first-order valence-electron chi connectivity index (χ1n) is 3.59. The maximum absolute atomic E-state index is 8.42. The zero-order valence-electron chi connectivity index (χ0n) is 7.57. The van der Waals surface area contributed by atoms with Crippen molar-refractivity contribution in [3.05, 3.63) is 0 Å². The van der Waals surface area contributed by atoms with Crippen LogP contribution in [0, 0.1) is 5.41 Å². The molecule has 0 aromatic heterocycles. The summed E-state index contributed by atoms with van der Waals surface area (Å²) in [6.07, 6.45) is 0.458. The lowest BCUT2D eigenvalue weighted by Crippen LogP contribution is -2.33. The molecule has 0 heterocycles. The van der Waals surface area contributed by atoms with Crippen LogP contribution in [0.1, 0.15) is 27.2 Å². The second-order valence-corrected chi connectivity index (χ2v) is 3.38. The first-order chi connectivity index (χ1) is 5.44. The van der Waals surface area contributed by atoms with Crippen molar-refractivity contribution >= 4 is 11.5 Å². The molecule has 0 aliphatic heterocycles. The van der Waals surface area contributed by atoms with Gasteiger partial charge in [-0.2, -0.15) is 0 Å². The smallest absolute Gasteiger partial charge is 0.145 e. The standard InChI is InChI=1S/C7H15N3O2/c1-5(9-11)4-7(2,3)6(8)10-12/h11-12H,4H2,1-3H3,(H2,8,10)/b9-5+. The van der Waals surface area contributed by atoms with E-state index in [2.05, 4.69) is 10.3 Å². The van der Waals surface area contributed by atoms with E-state index in [1.807, 2.05) is 0 Å². The highest BCUT2D eigenvalue weighted by molar-refractivity contribution is 5.92. The normalized spacial score (nSPS) is 14.9. The summed E-state index contributed by atoms with van der Waals surface area (Å²) >= 11 is 0. The van der Waals surface area contributed by atoms with Gasteiger partial charge in [-0.05, 0) is 6.92 Å². The summed E-state index contributed by atoms with van der Waals surface area (Å²) in [6, 6.07) is 0. The Morgan fingerprint density at radius 2 is 1.83 bits per heavy atom. The molecule has 0 aliphatic carbocycles. The Bertz CT molecular complexity index is 209. The van der Waals surface area contributed by atoms with Gasteiger partial charge in [-0.15, -0.1) is 0 Å². The van der Waals surface area contributed by atoms with Crippen LogP contribution < -0.4 is 5.73 Å². The minimum absolute atomic E-state index is 0.130. The second kappa shape index (κ2) is 3.94. The third-order valence-electron chi connectivity index (χ3n) is 1.67. The fourth-order valence-corrected chi connectivity index (χ4v) is 0.901. The van der Waals surface area contributed by atoms with Gasteiger partial charge in [0.15, 0.2) is 0 Å². The zero-order chi connectivity index (χ0) is 9.78. The molecular weight excluding hydrogens is 158 g/mol. The lowest BCUT2D eigenvalue weighted by Gasteiger charge is -2.21. The van der Waals surface area contributed by atoms with Crippen LogP contribution in [-0.2, 0) is 0 Å². The van der Waals surface area contributed by atoms with Gasteiger partial charge in [-0.3, -0.25) is 0 Å². The van der Waals surface area contributed by atoms with Gasteiger partial charge in [0.05, 0.1) is 5.71 Å². The molecule has 70 valence electrons.